The van der Waals surface area contributed by atoms with E-state index < -0.39 is 0 Å². The van der Waals surface area contributed by atoms with Gasteiger partial charge >= 0.3 is 0 Å². The van der Waals surface area contributed by atoms with Crippen molar-refractivity contribution in [2.24, 2.45) is 5.41 Å². The molecule has 4 heteroatoms. The predicted molar refractivity (Wildman–Crippen MR) is 101 cm³/mol. The summed E-state index contributed by atoms with van der Waals surface area (Å²) in [7, 11) is 0. The van der Waals surface area contributed by atoms with E-state index in [0.717, 1.165) is 24.1 Å². The van der Waals surface area contributed by atoms with Crippen LogP contribution in [0.2, 0.25) is 0 Å². The average Bonchev–Trinajstić information content (AvgIpc) is 2.95. The maximum atomic E-state index is 12.2. The first kappa shape index (κ1) is 17.5. The minimum Gasteiger partial charge on any atom is -0.349 e. The Bertz CT molecular complexity index is 788. The van der Waals surface area contributed by atoms with Crippen LogP contribution in [0.3, 0.4) is 0 Å². The van der Waals surface area contributed by atoms with Crippen LogP contribution in [0.4, 0.5) is 0 Å². The van der Waals surface area contributed by atoms with Gasteiger partial charge < -0.3 is 5.32 Å². The lowest BCUT2D eigenvalue weighted by atomic mass is 9.74. The molecule has 0 unspecified atom stereocenters. The highest BCUT2D eigenvalue weighted by atomic mass is 16.1. The Balaban J connectivity index is 1.95. The first-order valence-electron chi connectivity index (χ1n) is 8.94. The van der Waals surface area contributed by atoms with Crippen molar-refractivity contribution < 1.29 is 4.79 Å². The largest absolute Gasteiger partial charge is 0.349 e. The lowest BCUT2D eigenvalue weighted by Crippen LogP contribution is -2.36. The predicted octanol–water partition coefficient (Wildman–Crippen LogP) is 4.28. The molecule has 2 aromatic rings. The molecule has 0 aliphatic heterocycles. The van der Waals surface area contributed by atoms with Crippen LogP contribution in [0.5, 0.6) is 0 Å². The van der Waals surface area contributed by atoms with Crippen LogP contribution in [-0.4, -0.2) is 15.7 Å². The number of carbonyl (C=O) groups excluding carboxylic acids is 1. The average molecular weight is 337 g/mol. The molecule has 1 atom stereocenters. The Morgan fingerprint density at radius 3 is 2.92 bits per heavy atom. The zero-order valence-electron chi connectivity index (χ0n) is 15.4. The van der Waals surface area contributed by atoms with E-state index in [-0.39, 0.29) is 17.4 Å². The number of nitrogens with zero attached hydrogens (tertiary/aromatic N) is 2. The fraction of sp³-hybridized carbons (Fsp3) is 0.429. The number of allylic oxidation sites excluding steroid dienone is 1. The summed E-state index contributed by atoms with van der Waals surface area (Å²) in [4.78, 5) is 12.2. The summed E-state index contributed by atoms with van der Waals surface area (Å²) in [6, 6.07) is 8.31. The molecule has 1 N–H and O–H groups in total. The van der Waals surface area contributed by atoms with Crippen LogP contribution in [0.25, 0.3) is 5.69 Å². The summed E-state index contributed by atoms with van der Waals surface area (Å²) in [5.41, 5.74) is 4.78. The third-order valence-corrected chi connectivity index (χ3v) is 4.93. The summed E-state index contributed by atoms with van der Waals surface area (Å²) >= 11 is 0. The van der Waals surface area contributed by atoms with Crippen molar-refractivity contribution in [1.82, 2.24) is 15.1 Å². The van der Waals surface area contributed by atoms with Gasteiger partial charge in [0, 0.05) is 12.0 Å². The first-order chi connectivity index (χ1) is 11.9. The van der Waals surface area contributed by atoms with Gasteiger partial charge in [-0.15, -0.1) is 6.58 Å². The molecule has 1 amide bonds. The molecule has 1 aromatic heterocycles. The molecular weight excluding hydrogens is 310 g/mol. The second-order valence-electron chi connectivity index (χ2n) is 7.74. The van der Waals surface area contributed by atoms with E-state index in [9.17, 15) is 4.79 Å². The van der Waals surface area contributed by atoms with Gasteiger partial charge in [-0.3, -0.25) is 4.79 Å². The number of nitrogens with one attached hydrogen (secondary N) is 1. The molecule has 0 bridgehead atoms. The van der Waals surface area contributed by atoms with Crippen LogP contribution < -0.4 is 5.32 Å². The second kappa shape index (κ2) is 6.87. The third kappa shape index (κ3) is 3.68. The molecule has 1 heterocycles. The standard InChI is InChI=1S/C21H27N3O/c1-5-6-11-20(25)23-17-12-21(3,4)13-19-16(17)14-22-24(19)18-10-8-7-9-15(18)2/h5,7-10,14,17H,1,6,11-13H2,2-4H3,(H,23,25)/t17-/m1/s1. The van der Waals surface area contributed by atoms with Crippen molar-refractivity contribution in [1.29, 1.82) is 0 Å². The number of aryl methyl sites for hydroxylation is 1. The molecule has 1 aliphatic carbocycles. The molecule has 132 valence electrons. The molecule has 0 saturated carbocycles. The smallest absolute Gasteiger partial charge is 0.220 e. The van der Waals surface area contributed by atoms with E-state index >= 15 is 0 Å². The van der Waals surface area contributed by atoms with Crippen molar-refractivity contribution in [3.63, 3.8) is 0 Å². The molecule has 1 aromatic carbocycles. The highest BCUT2D eigenvalue weighted by molar-refractivity contribution is 5.76. The minimum absolute atomic E-state index is 0.0221. The minimum atomic E-state index is 0.0221. The zero-order chi connectivity index (χ0) is 18.0. The summed E-state index contributed by atoms with van der Waals surface area (Å²) in [6.45, 7) is 10.3. The van der Waals surface area contributed by atoms with Crippen LogP contribution in [0.15, 0.2) is 43.1 Å². The van der Waals surface area contributed by atoms with E-state index in [1.54, 1.807) is 6.08 Å². The van der Waals surface area contributed by atoms with Crippen molar-refractivity contribution in [2.45, 2.75) is 52.5 Å². The van der Waals surface area contributed by atoms with E-state index in [1.807, 2.05) is 18.3 Å². The Hall–Kier alpha value is -2.36. The van der Waals surface area contributed by atoms with Crippen LogP contribution in [0, 0.1) is 12.3 Å². The Morgan fingerprint density at radius 2 is 2.20 bits per heavy atom. The zero-order valence-corrected chi connectivity index (χ0v) is 15.4. The lowest BCUT2D eigenvalue weighted by Gasteiger charge is -2.36. The van der Waals surface area contributed by atoms with Crippen molar-refractivity contribution in [3.05, 3.63) is 59.9 Å². The number of hydrogen-bond acceptors (Lipinski definition) is 2. The van der Waals surface area contributed by atoms with Crippen molar-refractivity contribution in [3.8, 4) is 5.69 Å². The summed E-state index contributed by atoms with van der Waals surface area (Å²) in [5, 5.41) is 7.87. The number of amides is 1. The quantitative estimate of drug-likeness (QED) is 0.828. The van der Waals surface area contributed by atoms with E-state index in [2.05, 4.69) is 54.6 Å². The second-order valence-corrected chi connectivity index (χ2v) is 7.74. The monoisotopic (exact) mass is 337 g/mol. The molecule has 1 aliphatic rings. The normalized spacial score (nSPS) is 18.4. The van der Waals surface area contributed by atoms with Crippen LogP contribution in [0.1, 0.15) is 56.0 Å². The van der Waals surface area contributed by atoms with Gasteiger partial charge in [0.05, 0.1) is 23.6 Å². The molecular formula is C21H27N3O. The topological polar surface area (TPSA) is 46.9 Å². The molecule has 0 spiro atoms. The summed E-state index contributed by atoms with van der Waals surface area (Å²) < 4.78 is 2.05. The number of aromatic nitrogens is 2. The van der Waals surface area contributed by atoms with Crippen molar-refractivity contribution >= 4 is 5.91 Å². The van der Waals surface area contributed by atoms with E-state index in [0.29, 0.717) is 12.8 Å². The summed E-state index contributed by atoms with van der Waals surface area (Å²) in [5.74, 6) is 0.0807. The number of carbonyl (C=O) groups is 1. The molecule has 0 radical (unpaired) electrons. The van der Waals surface area contributed by atoms with Gasteiger partial charge in [0.1, 0.15) is 0 Å². The molecule has 25 heavy (non-hydrogen) atoms. The Kier molecular flexibility index (Phi) is 4.80. The number of para-hydroxylation sites is 1. The molecule has 0 fully saturated rings. The van der Waals surface area contributed by atoms with Gasteiger partial charge in [-0.25, -0.2) is 4.68 Å². The SMILES string of the molecule is C=CCCC(=O)N[C@@H]1CC(C)(C)Cc2c1cnn2-c1ccccc1C. The Morgan fingerprint density at radius 1 is 1.44 bits per heavy atom. The van der Waals surface area contributed by atoms with E-state index in [4.69, 9.17) is 0 Å². The summed E-state index contributed by atoms with van der Waals surface area (Å²) in [6.07, 6.45) is 6.79. The van der Waals surface area contributed by atoms with Gasteiger partial charge in [-0.1, -0.05) is 38.1 Å². The van der Waals surface area contributed by atoms with Crippen LogP contribution >= 0.6 is 0 Å². The molecule has 4 nitrogen and oxygen atoms in total. The lowest BCUT2D eigenvalue weighted by molar-refractivity contribution is -0.122. The number of benzene rings is 1. The number of fused-ring (bicyclic) bond motifs is 1. The number of hydrogen-bond donors (Lipinski definition) is 1. The van der Waals surface area contributed by atoms with Gasteiger partial charge in [-0.05, 0) is 43.2 Å². The number of rotatable bonds is 5. The Labute approximate surface area is 149 Å². The maximum Gasteiger partial charge on any atom is 0.220 e. The molecule has 0 saturated heterocycles. The van der Waals surface area contributed by atoms with Crippen LogP contribution in [-0.2, 0) is 11.2 Å². The fourth-order valence-electron chi connectivity index (χ4n) is 3.68. The maximum absolute atomic E-state index is 12.2. The van der Waals surface area contributed by atoms with Crippen molar-refractivity contribution in [2.75, 3.05) is 0 Å². The van der Waals surface area contributed by atoms with Gasteiger partial charge in [-0.2, -0.15) is 5.10 Å². The van der Waals surface area contributed by atoms with Gasteiger partial charge in [0.15, 0.2) is 0 Å². The van der Waals surface area contributed by atoms with Gasteiger partial charge in [0.2, 0.25) is 5.91 Å². The van der Waals surface area contributed by atoms with Gasteiger partial charge in [0.25, 0.3) is 0 Å². The highest BCUT2D eigenvalue weighted by Crippen LogP contribution is 2.41. The first-order valence-corrected chi connectivity index (χ1v) is 8.94. The third-order valence-electron chi connectivity index (χ3n) is 4.93. The molecule has 3 rings (SSSR count). The highest BCUT2D eigenvalue weighted by Gasteiger charge is 2.36. The van der Waals surface area contributed by atoms with E-state index in [1.165, 1.54) is 11.3 Å². The fourth-order valence-corrected chi connectivity index (χ4v) is 3.68.